The predicted molar refractivity (Wildman–Crippen MR) is 66.4 cm³/mol. The van der Waals surface area contributed by atoms with Crippen molar-refractivity contribution in [1.29, 1.82) is 0 Å². The van der Waals surface area contributed by atoms with E-state index in [9.17, 15) is 4.79 Å². The summed E-state index contributed by atoms with van der Waals surface area (Å²) in [5.74, 6) is 0.284. The summed E-state index contributed by atoms with van der Waals surface area (Å²) < 4.78 is 1.50. The second kappa shape index (κ2) is 4.69. The van der Waals surface area contributed by atoms with Crippen molar-refractivity contribution in [3.63, 3.8) is 0 Å². The number of benzene rings is 1. The number of hydrogen-bond donors (Lipinski definition) is 2. The molecular formula is C12H14N4O. The summed E-state index contributed by atoms with van der Waals surface area (Å²) in [6.45, 7) is 2.13. The summed E-state index contributed by atoms with van der Waals surface area (Å²) in [7, 11) is 0. The van der Waals surface area contributed by atoms with E-state index in [1.165, 1.54) is 4.68 Å². The Labute approximate surface area is 99.2 Å². The van der Waals surface area contributed by atoms with Crippen molar-refractivity contribution in [3.8, 4) is 0 Å². The molecule has 5 heteroatoms. The van der Waals surface area contributed by atoms with E-state index in [2.05, 4.69) is 10.4 Å². The summed E-state index contributed by atoms with van der Waals surface area (Å²) in [6, 6.07) is 9.29. The zero-order valence-corrected chi connectivity index (χ0v) is 9.55. The molecule has 1 aromatic heterocycles. The molecule has 88 valence electrons. The number of aromatic nitrogens is 2. The van der Waals surface area contributed by atoms with Crippen LogP contribution in [0.1, 0.15) is 5.56 Å². The molecule has 0 aliphatic rings. The van der Waals surface area contributed by atoms with Crippen molar-refractivity contribution in [3.05, 3.63) is 42.1 Å². The number of nitrogens with zero attached hydrogens (tertiary/aromatic N) is 2. The SMILES string of the molecule is Cc1cccc(NC(=O)Cn2ccc(N)n2)c1. The van der Waals surface area contributed by atoms with E-state index in [0.29, 0.717) is 5.82 Å². The third-order valence-corrected chi connectivity index (χ3v) is 2.27. The minimum atomic E-state index is -0.126. The van der Waals surface area contributed by atoms with Gasteiger partial charge in [-0.2, -0.15) is 5.10 Å². The number of rotatable bonds is 3. The number of hydrogen-bond acceptors (Lipinski definition) is 3. The zero-order valence-electron chi connectivity index (χ0n) is 9.55. The maximum atomic E-state index is 11.7. The van der Waals surface area contributed by atoms with Crippen molar-refractivity contribution in [1.82, 2.24) is 9.78 Å². The maximum Gasteiger partial charge on any atom is 0.246 e. The smallest absolute Gasteiger partial charge is 0.246 e. The highest BCUT2D eigenvalue weighted by Gasteiger charge is 2.04. The Morgan fingerprint density at radius 3 is 2.94 bits per heavy atom. The fourth-order valence-electron chi connectivity index (χ4n) is 1.54. The fraction of sp³-hybridized carbons (Fsp3) is 0.167. The Morgan fingerprint density at radius 2 is 2.29 bits per heavy atom. The van der Waals surface area contributed by atoms with Gasteiger partial charge in [0.2, 0.25) is 5.91 Å². The first-order chi connectivity index (χ1) is 8.13. The van der Waals surface area contributed by atoms with Crippen molar-refractivity contribution in [2.75, 3.05) is 11.1 Å². The minimum absolute atomic E-state index is 0.126. The van der Waals surface area contributed by atoms with Crippen LogP contribution in [-0.2, 0) is 11.3 Å². The van der Waals surface area contributed by atoms with Crippen LogP contribution in [0.2, 0.25) is 0 Å². The Morgan fingerprint density at radius 1 is 1.47 bits per heavy atom. The Balaban J connectivity index is 1.98. The van der Waals surface area contributed by atoms with Crippen molar-refractivity contribution in [2.45, 2.75) is 13.5 Å². The van der Waals surface area contributed by atoms with Crippen LogP contribution in [0, 0.1) is 6.92 Å². The minimum Gasteiger partial charge on any atom is -0.382 e. The predicted octanol–water partition coefficient (Wildman–Crippen LogP) is 1.41. The lowest BCUT2D eigenvalue weighted by Gasteiger charge is -2.05. The molecule has 0 saturated heterocycles. The van der Waals surface area contributed by atoms with E-state index in [0.717, 1.165) is 11.3 Å². The van der Waals surface area contributed by atoms with Gasteiger partial charge < -0.3 is 11.1 Å². The first-order valence-corrected chi connectivity index (χ1v) is 5.29. The topological polar surface area (TPSA) is 72.9 Å². The molecule has 1 aromatic carbocycles. The molecule has 2 aromatic rings. The number of carbonyl (C=O) groups is 1. The van der Waals surface area contributed by atoms with Crippen LogP contribution in [0.3, 0.4) is 0 Å². The van der Waals surface area contributed by atoms with Crippen LogP contribution in [0.25, 0.3) is 0 Å². The second-order valence-electron chi connectivity index (χ2n) is 3.86. The third-order valence-electron chi connectivity index (χ3n) is 2.27. The Hall–Kier alpha value is -2.30. The van der Waals surface area contributed by atoms with Crippen LogP contribution >= 0.6 is 0 Å². The number of aryl methyl sites for hydroxylation is 1. The average Bonchev–Trinajstić information content (AvgIpc) is 2.63. The fourth-order valence-corrected chi connectivity index (χ4v) is 1.54. The van der Waals surface area contributed by atoms with Gasteiger partial charge in [-0.05, 0) is 30.7 Å². The molecule has 17 heavy (non-hydrogen) atoms. The highest BCUT2D eigenvalue weighted by Crippen LogP contribution is 2.09. The molecule has 0 fully saturated rings. The lowest BCUT2D eigenvalue weighted by molar-refractivity contribution is -0.116. The van der Waals surface area contributed by atoms with Gasteiger partial charge in [0, 0.05) is 11.9 Å². The van der Waals surface area contributed by atoms with Gasteiger partial charge in [0.25, 0.3) is 0 Å². The van der Waals surface area contributed by atoms with Crippen LogP contribution in [0.5, 0.6) is 0 Å². The zero-order chi connectivity index (χ0) is 12.3. The van der Waals surface area contributed by atoms with E-state index in [4.69, 9.17) is 5.73 Å². The summed E-state index contributed by atoms with van der Waals surface area (Å²) in [6.07, 6.45) is 1.67. The first kappa shape index (κ1) is 11.2. The second-order valence-corrected chi connectivity index (χ2v) is 3.86. The van der Waals surface area contributed by atoms with E-state index in [-0.39, 0.29) is 12.5 Å². The first-order valence-electron chi connectivity index (χ1n) is 5.29. The molecule has 0 bridgehead atoms. The van der Waals surface area contributed by atoms with Gasteiger partial charge in [-0.3, -0.25) is 9.48 Å². The van der Waals surface area contributed by atoms with Crippen molar-refractivity contribution >= 4 is 17.4 Å². The largest absolute Gasteiger partial charge is 0.382 e. The average molecular weight is 230 g/mol. The molecule has 1 amide bonds. The molecule has 0 radical (unpaired) electrons. The molecule has 1 heterocycles. The van der Waals surface area contributed by atoms with E-state index in [1.807, 2.05) is 31.2 Å². The quantitative estimate of drug-likeness (QED) is 0.837. The van der Waals surface area contributed by atoms with Crippen LogP contribution < -0.4 is 11.1 Å². The third kappa shape index (κ3) is 3.07. The lowest BCUT2D eigenvalue weighted by atomic mass is 10.2. The van der Waals surface area contributed by atoms with E-state index < -0.39 is 0 Å². The van der Waals surface area contributed by atoms with Gasteiger partial charge in [-0.25, -0.2) is 0 Å². The molecule has 3 N–H and O–H groups in total. The summed E-state index contributed by atoms with van der Waals surface area (Å²) in [5, 5.41) is 6.74. The lowest BCUT2D eigenvalue weighted by Crippen LogP contribution is -2.19. The molecule has 0 saturated carbocycles. The molecule has 0 unspecified atom stereocenters. The maximum absolute atomic E-state index is 11.7. The summed E-state index contributed by atoms with van der Waals surface area (Å²) >= 11 is 0. The van der Waals surface area contributed by atoms with Gasteiger partial charge in [-0.1, -0.05) is 12.1 Å². The number of nitrogens with two attached hydrogens (primary N) is 1. The van der Waals surface area contributed by atoms with Gasteiger partial charge in [0.15, 0.2) is 0 Å². The van der Waals surface area contributed by atoms with E-state index >= 15 is 0 Å². The number of anilines is 2. The van der Waals surface area contributed by atoms with Gasteiger partial charge >= 0.3 is 0 Å². The number of carbonyl (C=O) groups excluding carboxylic acids is 1. The molecule has 0 spiro atoms. The van der Waals surface area contributed by atoms with E-state index in [1.54, 1.807) is 12.3 Å². The molecule has 0 aliphatic heterocycles. The monoisotopic (exact) mass is 230 g/mol. The Kier molecular flexibility index (Phi) is 3.09. The number of nitrogen functional groups attached to an aromatic ring is 1. The van der Waals surface area contributed by atoms with Crippen LogP contribution in [0.15, 0.2) is 36.5 Å². The van der Waals surface area contributed by atoms with Gasteiger partial charge in [0.1, 0.15) is 12.4 Å². The number of amides is 1. The van der Waals surface area contributed by atoms with Gasteiger partial charge in [-0.15, -0.1) is 0 Å². The summed E-state index contributed by atoms with van der Waals surface area (Å²) in [4.78, 5) is 11.7. The number of nitrogens with one attached hydrogen (secondary N) is 1. The Bertz CT molecular complexity index is 533. The highest BCUT2D eigenvalue weighted by molar-refractivity contribution is 5.90. The molecule has 0 aliphatic carbocycles. The molecular weight excluding hydrogens is 216 g/mol. The van der Waals surface area contributed by atoms with Crippen LogP contribution in [0.4, 0.5) is 11.5 Å². The molecule has 2 rings (SSSR count). The highest BCUT2D eigenvalue weighted by atomic mass is 16.2. The molecule has 0 atom stereocenters. The normalized spacial score (nSPS) is 10.2. The van der Waals surface area contributed by atoms with Gasteiger partial charge in [0.05, 0.1) is 0 Å². The van der Waals surface area contributed by atoms with Crippen LogP contribution in [-0.4, -0.2) is 15.7 Å². The molecule has 5 nitrogen and oxygen atoms in total. The standard InChI is InChI=1S/C12H14N4O/c1-9-3-2-4-10(7-9)14-12(17)8-16-6-5-11(13)15-16/h2-7H,8H2,1H3,(H2,13,15)(H,14,17). The van der Waals surface area contributed by atoms with Crippen molar-refractivity contribution < 1.29 is 4.79 Å². The van der Waals surface area contributed by atoms with Crippen molar-refractivity contribution in [2.24, 2.45) is 0 Å². The summed E-state index contributed by atoms with van der Waals surface area (Å²) in [5.41, 5.74) is 7.35.